The van der Waals surface area contributed by atoms with Crippen molar-refractivity contribution in [2.24, 2.45) is 28.2 Å². The summed E-state index contributed by atoms with van der Waals surface area (Å²) in [5, 5.41) is 3.80. The summed E-state index contributed by atoms with van der Waals surface area (Å²) in [6.45, 7) is 13.6. The van der Waals surface area contributed by atoms with E-state index >= 15 is 0 Å². The summed E-state index contributed by atoms with van der Waals surface area (Å²) in [6, 6.07) is 14.5. The van der Waals surface area contributed by atoms with E-state index in [4.69, 9.17) is 9.73 Å². The lowest BCUT2D eigenvalue weighted by Gasteiger charge is -2.21. The Kier molecular flexibility index (Phi) is 6.75. The van der Waals surface area contributed by atoms with Gasteiger partial charge in [0.15, 0.2) is 0 Å². The second kappa shape index (κ2) is 10.00. The van der Waals surface area contributed by atoms with Crippen LogP contribution in [0.25, 0.3) is 5.76 Å². The van der Waals surface area contributed by atoms with Crippen molar-refractivity contribution in [3.05, 3.63) is 108 Å². The third-order valence-corrected chi connectivity index (χ3v) is 8.35. The van der Waals surface area contributed by atoms with E-state index in [1.807, 2.05) is 37.4 Å². The first-order valence-electron chi connectivity index (χ1n) is 13.1. The molecule has 4 heteroatoms. The summed E-state index contributed by atoms with van der Waals surface area (Å²) in [6.07, 6.45) is 12.2. The van der Waals surface area contributed by atoms with E-state index in [9.17, 15) is 0 Å². The van der Waals surface area contributed by atoms with Crippen LogP contribution in [0.2, 0.25) is 0 Å². The van der Waals surface area contributed by atoms with Gasteiger partial charge in [0.25, 0.3) is 0 Å². The zero-order valence-corrected chi connectivity index (χ0v) is 22.2. The summed E-state index contributed by atoms with van der Waals surface area (Å²) in [4.78, 5) is 9.77. The van der Waals surface area contributed by atoms with E-state index in [0.717, 1.165) is 41.1 Å². The Morgan fingerprint density at radius 3 is 2.65 bits per heavy atom. The van der Waals surface area contributed by atoms with E-state index in [2.05, 4.69) is 85.9 Å². The number of pyridine rings is 1. The van der Waals surface area contributed by atoms with Gasteiger partial charge < -0.3 is 4.74 Å². The predicted octanol–water partition coefficient (Wildman–Crippen LogP) is 6.71. The molecule has 5 rings (SSSR count). The number of aliphatic imine (C=N–C) groups is 1. The lowest BCUT2D eigenvalue weighted by molar-refractivity contribution is 0.431. The molecule has 1 aliphatic heterocycles. The summed E-state index contributed by atoms with van der Waals surface area (Å²) in [5.74, 6) is 8.48. The average molecular weight is 490 g/mol. The minimum absolute atomic E-state index is 0.189. The minimum Gasteiger partial charge on any atom is -0.464 e. The van der Waals surface area contributed by atoms with Crippen molar-refractivity contribution >= 4 is 11.5 Å². The van der Waals surface area contributed by atoms with E-state index in [1.165, 1.54) is 5.56 Å². The maximum atomic E-state index is 6.17. The molecule has 1 aromatic carbocycles. The van der Waals surface area contributed by atoms with Gasteiger partial charge in [-0.3, -0.25) is 15.3 Å². The average Bonchev–Trinajstić information content (AvgIpc) is 3.78. The standard InChI is InChI=1S/C33H35N3O/c1-6-13-29(36-33(23(3)24(33)4)35-21-25-14-9-8-10-15-25)32(5)20-28(32)30-26(7-2)17-12-19-37-31(30)27-16-11-18-34-22-27/h7-12,14-19,22-24,28,35H,2,20-21H2,1,3-5H3/t23-,24?,28?,32+,33?/m1/s1. The Labute approximate surface area is 221 Å². The van der Waals surface area contributed by atoms with Gasteiger partial charge >= 0.3 is 0 Å². The first-order chi connectivity index (χ1) is 17.9. The lowest BCUT2D eigenvalue weighted by Crippen LogP contribution is -2.34. The summed E-state index contributed by atoms with van der Waals surface area (Å²) >= 11 is 0. The number of hydrogen-bond acceptors (Lipinski definition) is 4. The van der Waals surface area contributed by atoms with Crippen LogP contribution in [0.5, 0.6) is 0 Å². The number of rotatable bonds is 8. The monoisotopic (exact) mass is 489 g/mol. The molecule has 1 N–H and O–H groups in total. The molecule has 37 heavy (non-hydrogen) atoms. The van der Waals surface area contributed by atoms with Crippen LogP contribution in [0, 0.1) is 35.0 Å². The fourth-order valence-corrected chi connectivity index (χ4v) is 5.60. The van der Waals surface area contributed by atoms with Gasteiger partial charge in [-0.2, -0.15) is 0 Å². The molecule has 1 aromatic heterocycles. The number of hydrogen-bond donors (Lipinski definition) is 1. The van der Waals surface area contributed by atoms with Gasteiger partial charge in [0, 0.05) is 53.2 Å². The lowest BCUT2D eigenvalue weighted by atomic mass is 9.89. The first kappa shape index (κ1) is 25.0. The van der Waals surface area contributed by atoms with Crippen LogP contribution in [0.4, 0.5) is 0 Å². The van der Waals surface area contributed by atoms with Crippen molar-refractivity contribution in [1.29, 1.82) is 0 Å². The number of benzene rings is 1. The molecule has 0 bridgehead atoms. The minimum atomic E-state index is -0.301. The molecule has 2 aromatic rings. The van der Waals surface area contributed by atoms with Crippen LogP contribution >= 0.6 is 0 Å². The molecule has 2 heterocycles. The van der Waals surface area contributed by atoms with E-state index in [-0.39, 0.29) is 17.0 Å². The molecule has 188 valence electrons. The van der Waals surface area contributed by atoms with Crippen LogP contribution in [-0.4, -0.2) is 16.4 Å². The normalized spacial score (nSPS) is 30.4. The van der Waals surface area contributed by atoms with Crippen molar-refractivity contribution < 1.29 is 4.74 Å². The highest BCUT2D eigenvalue weighted by molar-refractivity contribution is 6.07. The van der Waals surface area contributed by atoms with Crippen LogP contribution in [-0.2, 0) is 11.3 Å². The molecular formula is C33H35N3O. The molecule has 0 saturated heterocycles. The quantitative estimate of drug-likeness (QED) is 0.331. The number of aromatic nitrogens is 1. The molecular weight excluding hydrogens is 454 g/mol. The second-order valence-electron chi connectivity index (χ2n) is 10.5. The smallest absolute Gasteiger partial charge is 0.139 e. The Morgan fingerprint density at radius 2 is 2.00 bits per heavy atom. The van der Waals surface area contributed by atoms with Gasteiger partial charge in [0.2, 0.25) is 0 Å². The molecule has 5 atom stereocenters. The first-order valence-corrected chi connectivity index (χ1v) is 13.1. The molecule has 4 nitrogen and oxygen atoms in total. The Bertz CT molecular complexity index is 1350. The van der Waals surface area contributed by atoms with Crippen molar-refractivity contribution in [2.45, 2.75) is 46.3 Å². The zero-order valence-electron chi connectivity index (χ0n) is 22.2. The fourth-order valence-electron chi connectivity index (χ4n) is 5.60. The van der Waals surface area contributed by atoms with Gasteiger partial charge in [-0.15, -0.1) is 5.92 Å². The number of ether oxygens (including phenoxy) is 1. The van der Waals surface area contributed by atoms with Gasteiger partial charge in [-0.05, 0) is 42.7 Å². The number of allylic oxidation sites excluding steroid dienone is 5. The maximum Gasteiger partial charge on any atom is 0.139 e. The Balaban J connectivity index is 1.52. The fraction of sp³-hybridized carbons (Fsp3) is 0.333. The molecule has 2 aliphatic carbocycles. The molecule has 0 spiro atoms. The summed E-state index contributed by atoms with van der Waals surface area (Å²) in [5.41, 5.74) is 4.90. The molecule has 3 unspecified atom stereocenters. The SMILES string of the molecule is C=CC1=CC=COC(c2cccnc2)=C1C1C[C@]1(C)C(C#CC)=NC1(NCc2ccccc2)C(C)[C@H]1C. The largest absolute Gasteiger partial charge is 0.464 e. The Morgan fingerprint density at radius 1 is 1.22 bits per heavy atom. The van der Waals surface area contributed by atoms with Crippen LogP contribution in [0.1, 0.15) is 45.2 Å². The Hall–Kier alpha value is -3.68. The molecule has 2 fully saturated rings. The molecule has 2 saturated carbocycles. The highest BCUT2D eigenvalue weighted by Crippen LogP contribution is 2.62. The maximum absolute atomic E-state index is 6.17. The van der Waals surface area contributed by atoms with Crippen molar-refractivity contribution in [3.63, 3.8) is 0 Å². The van der Waals surface area contributed by atoms with Crippen molar-refractivity contribution in [3.8, 4) is 11.8 Å². The zero-order chi connectivity index (χ0) is 26.0. The molecule has 0 amide bonds. The van der Waals surface area contributed by atoms with Gasteiger partial charge in [0.1, 0.15) is 11.4 Å². The van der Waals surface area contributed by atoms with E-state index < -0.39 is 0 Å². The number of nitrogens with zero attached hydrogens (tertiary/aromatic N) is 2. The van der Waals surface area contributed by atoms with Gasteiger partial charge in [-0.1, -0.05) is 75.8 Å². The third kappa shape index (κ3) is 4.61. The van der Waals surface area contributed by atoms with E-state index in [0.29, 0.717) is 11.8 Å². The van der Waals surface area contributed by atoms with Crippen molar-refractivity contribution in [2.75, 3.05) is 0 Å². The predicted molar refractivity (Wildman–Crippen MR) is 151 cm³/mol. The highest BCUT2D eigenvalue weighted by atomic mass is 16.5. The van der Waals surface area contributed by atoms with Crippen LogP contribution in [0.3, 0.4) is 0 Å². The molecule has 0 radical (unpaired) electrons. The summed E-state index contributed by atoms with van der Waals surface area (Å²) in [7, 11) is 0. The molecule has 3 aliphatic rings. The third-order valence-electron chi connectivity index (χ3n) is 8.35. The summed E-state index contributed by atoms with van der Waals surface area (Å²) < 4.78 is 6.17. The number of nitrogens with one attached hydrogen (secondary N) is 1. The topological polar surface area (TPSA) is 46.5 Å². The highest BCUT2D eigenvalue weighted by Gasteiger charge is 2.62. The van der Waals surface area contributed by atoms with Crippen LogP contribution < -0.4 is 5.32 Å². The van der Waals surface area contributed by atoms with E-state index in [1.54, 1.807) is 12.5 Å². The van der Waals surface area contributed by atoms with Gasteiger partial charge in [0.05, 0.1) is 12.0 Å². The second-order valence-corrected chi connectivity index (χ2v) is 10.5. The van der Waals surface area contributed by atoms with Crippen molar-refractivity contribution in [1.82, 2.24) is 10.3 Å². The van der Waals surface area contributed by atoms with Crippen LogP contribution in [0.15, 0.2) is 102 Å². The van der Waals surface area contributed by atoms with Gasteiger partial charge in [-0.25, -0.2) is 0 Å².